The molecule has 2 aromatic rings. The first-order valence-corrected chi connectivity index (χ1v) is 9.33. The molecule has 2 aromatic carbocycles. The summed E-state index contributed by atoms with van der Waals surface area (Å²) < 4.78 is 15.4. The molecule has 2 rings (SSSR count). The first-order chi connectivity index (χ1) is 14.1. The molecule has 0 fully saturated rings. The molecule has 160 valence electrons. The molecule has 2 N–H and O–H groups in total. The maximum Gasteiger partial charge on any atom is 0.412 e. The average Bonchev–Trinajstić information content (AvgIpc) is 2.67. The van der Waals surface area contributed by atoms with Gasteiger partial charge in [0.2, 0.25) is 0 Å². The van der Waals surface area contributed by atoms with Crippen molar-refractivity contribution in [3.63, 3.8) is 0 Å². The minimum Gasteiger partial charge on any atom is -0.497 e. The Kier molecular flexibility index (Phi) is 7.41. The lowest BCUT2D eigenvalue weighted by Crippen LogP contribution is -2.30. The summed E-state index contributed by atoms with van der Waals surface area (Å²) in [7, 11) is 1.55. The number of methoxy groups -OCH3 is 1. The molecule has 8 heteroatoms. The Hall–Kier alpha value is -3.55. The van der Waals surface area contributed by atoms with Gasteiger partial charge in [-0.2, -0.15) is 0 Å². The summed E-state index contributed by atoms with van der Waals surface area (Å²) in [6.07, 6.45) is -1.60. The molecule has 0 saturated carbocycles. The monoisotopic (exact) mass is 414 g/mol. The van der Waals surface area contributed by atoms with Crippen molar-refractivity contribution in [3.05, 3.63) is 54.1 Å². The van der Waals surface area contributed by atoms with Gasteiger partial charge in [-0.05, 0) is 76.2 Å². The van der Waals surface area contributed by atoms with Crippen molar-refractivity contribution in [1.82, 2.24) is 0 Å². The highest BCUT2D eigenvalue weighted by atomic mass is 16.6. The number of hydrogen-bond acceptors (Lipinski definition) is 6. The molecule has 2 amide bonds. The quantitative estimate of drug-likeness (QED) is 0.686. The smallest absolute Gasteiger partial charge is 0.412 e. The van der Waals surface area contributed by atoms with Crippen LogP contribution in [0, 0.1) is 0 Å². The van der Waals surface area contributed by atoms with Gasteiger partial charge in [0.05, 0.1) is 12.7 Å². The number of ether oxygens (including phenoxy) is 3. The zero-order valence-corrected chi connectivity index (χ0v) is 17.6. The molecular formula is C22H26N2O6. The highest BCUT2D eigenvalue weighted by molar-refractivity contribution is 5.97. The highest BCUT2D eigenvalue weighted by Gasteiger charge is 2.20. The standard InChI is InChI=1S/C22H26N2O6/c1-14(19(25)23-16-10-12-18(28-5)13-11-16)29-20(26)15-6-8-17(9-7-15)24-21(27)30-22(2,3)4/h6-14H,1-5H3,(H,23,25)(H,24,27)/t14-/m1/s1. The van der Waals surface area contributed by atoms with Gasteiger partial charge < -0.3 is 19.5 Å². The summed E-state index contributed by atoms with van der Waals surface area (Å²) in [5.41, 5.74) is 0.650. The van der Waals surface area contributed by atoms with Crippen molar-refractivity contribution in [3.8, 4) is 5.75 Å². The number of esters is 1. The zero-order chi connectivity index (χ0) is 22.3. The molecule has 0 unspecified atom stereocenters. The van der Waals surface area contributed by atoms with Gasteiger partial charge in [-0.25, -0.2) is 9.59 Å². The molecular weight excluding hydrogens is 388 g/mol. The molecule has 0 aliphatic rings. The summed E-state index contributed by atoms with van der Waals surface area (Å²) >= 11 is 0. The Morgan fingerprint density at radius 2 is 1.40 bits per heavy atom. The van der Waals surface area contributed by atoms with Crippen LogP contribution in [0.5, 0.6) is 5.75 Å². The summed E-state index contributed by atoms with van der Waals surface area (Å²) in [5.74, 6) is -0.454. The van der Waals surface area contributed by atoms with Gasteiger partial charge >= 0.3 is 12.1 Å². The summed E-state index contributed by atoms with van der Waals surface area (Å²) in [5, 5.41) is 5.24. The van der Waals surface area contributed by atoms with Crippen molar-refractivity contribution in [2.45, 2.75) is 39.4 Å². The van der Waals surface area contributed by atoms with E-state index < -0.39 is 29.7 Å². The van der Waals surface area contributed by atoms with Crippen LogP contribution >= 0.6 is 0 Å². The topological polar surface area (TPSA) is 103 Å². The third-order valence-electron chi connectivity index (χ3n) is 3.78. The number of amides is 2. The van der Waals surface area contributed by atoms with E-state index in [9.17, 15) is 14.4 Å². The SMILES string of the molecule is COc1ccc(NC(=O)[C@@H](C)OC(=O)c2ccc(NC(=O)OC(C)(C)C)cc2)cc1. The number of carbonyl (C=O) groups is 3. The maximum atomic E-state index is 12.3. The third kappa shape index (κ3) is 7.12. The second kappa shape index (κ2) is 9.78. The molecule has 0 radical (unpaired) electrons. The molecule has 0 aromatic heterocycles. The summed E-state index contributed by atoms with van der Waals surface area (Å²) in [6, 6.07) is 12.8. The van der Waals surface area contributed by atoms with Crippen LogP contribution in [0.4, 0.5) is 16.2 Å². The molecule has 8 nitrogen and oxygen atoms in total. The van der Waals surface area contributed by atoms with Crippen molar-refractivity contribution in [1.29, 1.82) is 0 Å². The van der Waals surface area contributed by atoms with Crippen LogP contribution in [0.1, 0.15) is 38.1 Å². The van der Waals surface area contributed by atoms with Gasteiger partial charge in [0.1, 0.15) is 11.4 Å². The normalized spacial score (nSPS) is 11.8. The average molecular weight is 414 g/mol. The maximum absolute atomic E-state index is 12.3. The predicted molar refractivity (Wildman–Crippen MR) is 113 cm³/mol. The van der Waals surface area contributed by atoms with E-state index in [1.54, 1.807) is 64.3 Å². The Balaban J connectivity index is 1.89. The molecule has 30 heavy (non-hydrogen) atoms. The van der Waals surface area contributed by atoms with Gasteiger partial charge in [-0.1, -0.05) is 0 Å². The second-order valence-corrected chi connectivity index (χ2v) is 7.47. The van der Waals surface area contributed by atoms with Crippen LogP contribution < -0.4 is 15.4 Å². The fourth-order valence-electron chi connectivity index (χ4n) is 2.31. The number of rotatable bonds is 6. The molecule has 0 bridgehead atoms. The van der Waals surface area contributed by atoms with E-state index in [1.165, 1.54) is 19.1 Å². The predicted octanol–water partition coefficient (Wildman–Crippen LogP) is 4.23. The van der Waals surface area contributed by atoms with Gasteiger partial charge in [-0.15, -0.1) is 0 Å². The molecule has 0 spiro atoms. The van der Waals surface area contributed by atoms with Crippen LogP contribution in [0.2, 0.25) is 0 Å². The van der Waals surface area contributed by atoms with Crippen molar-refractivity contribution < 1.29 is 28.6 Å². The Labute approximate surface area is 175 Å². The third-order valence-corrected chi connectivity index (χ3v) is 3.78. The van der Waals surface area contributed by atoms with Gasteiger partial charge in [0.25, 0.3) is 5.91 Å². The van der Waals surface area contributed by atoms with Crippen molar-refractivity contribution >= 4 is 29.3 Å². The van der Waals surface area contributed by atoms with E-state index in [1.807, 2.05) is 0 Å². The largest absolute Gasteiger partial charge is 0.497 e. The minimum absolute atomic E-state index is 0.244. The van der Waals surface area contributed by atoms with Crippen LogP contribution in [-0.4, -0.2) is 36.8 Å². The lowest BCUT2D eigenvalue weighted by atomic mass is 10.2. The fraction of sp³-hybridized carbons (Fsp3) is 0.318. The van der Waals surface area contributed by atoms with Crippen molar-refractivity contribution in [2.24, 2.45) is 0 Å². The number of carbonyl (C=O) groups excluding carboxylic acids is 3. The number of nitrogens with one attached hydrogen (secondary N) is 2. The Bertz CT molecular complexity index is 885. The first kappa shape index (κ1) is 22.7. The van der Waals surface area contributed by atoms with Crippen molar-refractivity contribution in [2.75, 3.05) is 17.7 Å². The molecule has 1 atom stereocenters. The van der Waals surface area contributed by atoms with E-state index in [2.05, 4.69) is 10.6 Å². The Morgan fingerprint density at radius 3 is 1.93 bits per heavy atom. The number of anilines is 2. The molecule has 0 heterocycles. The summed E-state index contributed by atoms with van der Waals surface area (Å²) in [6.45, 7) is 6.77. The van der Waals surface area contributed by atoms with Gasteiger partial charge in [0.15, 0.2) is 6.10 Å². The summed E-state index contributed by atoms with van der Waals surface area (Å²) in [4.78, 5) is 36.3. The van der Waals surface area contributed by atoms with Gasteiger partial charge in [-0.3, -0.25) is 10.1 Å². The molecule has 0 aliphatic heterocycles. The van der Waals surface area contributed by atoms with Crippen LogP contribution in [0.25, 0.3) is 0 Å². The number of hydrogen-bond donors (Lipinski definition) is 2. The van der Waals surface area contributed by atoms with Gasteiger partial charge in [0, 0.05) is 11.4 Å². The minimum atomic E-state index is -1.00. The van der Waals surface area contributed by atoms with E-state index in [-0.39, 0.29) is 5.56 Å². The second-order valence-electron chi connectivity index (χ2n) is 7.47. The lowest BCUT2D eigenvalue weighted by molar-refractivity contribution is -0.123. The zero-order valence-electron chi connectivity index (χ0n) is 17.6. The fourth-order valence-corrected chi connectivity index (χ4v) is 2.31. The molecule has 0 aliphatic carbocycles. The number of benzene rings is 2. The molecule has 0 saturated heterocycles. The van der Waals surface area contributed by atoms with Crippen LogP contribution in [0.3, 0.4) is 0 Å². The van der Waals surface area contributed by atoms with E-state index in [0.29, 0.717) is 17.1 Å². The first-order valence-electron chi connectivity index (χ1n) is 9.33. The van der Waals surface area contributed by atoms with Crippen LogP contribution in [-0.2, 0) is 14.3 Å². The van der Waals surface area contributed by atoms with E-state index in [4.69, 9.17) is 14.2 Å². The Morgan fingerprint density at radius 1 is 0.867 bits per heavy atom. The van der Waals surface area contributed by atoms with E-state index >= 15 is 0 Å². The van der Waals surface area contributed by atoms with Crippen LogP contribution in [0.15, 0.2) is 48.5 Å². The lowest BCUT2D eigenvalue weighted by Gasteiger charge is -2.19. The highest BCUT2D eigenvalue weighted by Crippen LogP contribution is 2.16. The van der Waals surface area contributed by atoms with E-state index in [0.717, 1.165) is 0 Å².